The first-order chi connectivity index (χ1) is 8.33. The molecule has 0 aliphatic rings. The summed E-state index contributed by atoms with van der Waals surface area (Å²) in [7, 11) is 2.03. The van der Waals surface area contributed by atoms with Crippen molar-refractivity contribution in [1.29, 1.82) is 0 Å². The van der Waals surface area contributed by atoms with Gasteiger partial charge in [-0.25, -0.2) is 0 Å². The molecule has 2 nitrogen and oxygen atoms in total. The first-order valence-corrected chi connectivity index (χ1v) is 6.35. The smallest absolute Gasteiger partial charge is 0.0705 e. The number of likely N-dealkylation sites (N-methyl/N-ethyl adjacent to an activating group) is 1. The second kappa shape index (κ2) is 5.78. The summed E-state index contributed by atoms with van der Waals surface area (Å²) < 4.78 is 0. The number of para-hydroxylation sites is 1. The molecule has 0 radical (unpaired) electrons. The first kappa shape index (κ1) is 12.1. The van der Waals surface area contributed by atoms with E-state index in [1.807, 2.05) is 13.1 Å². The minimum Gasteiger partial charge on any atom is -0.317 e. The van der Waals surface area contributed by atoms with E-state index < -0.39 is 0 Å². The van der Waals surface area contributed by atoms with Gasteiger partial charge in [0.25, 0.3) is 0 Å². The monoisotopic (exact) mass is 228 g/mol. The minimum absolute atomic E-state index is 0.536. The van der Waals surface area contributed by atoms with Gasteiger partial charge < -0.3 is 5.32 Å². The highest BCUT2D eigenvalue weighted by Crippen LogP contribution is 2.13. The number of nitrogens with zero attached hydrogens (tertiary/aromatic N) is 1. The van der Waals surface area contributed by atoms with Crippen molar-refractivity contribution >= 4 is 10.9 Å². The van der Waals surface area contributed by atoms with E-state index in [0.717, 1.165) is 11.9 Å². The molecule has 1 aromatic heterocycles. The van der Waals surface area contributed by atoms with Gasteiger partial charge in [0.05, 0.1) is 5.52 Å². The van der Waals surface area contributed by atoms with Crippen LogP contribution in [0.1, 0.15) is 25.5 Å². The predicted molar refractivity (Wildman–Crippen MR) is 73.2 cm³/mol. The summed E-state index contributed by atoms with van der Waals surface area (Å²) in [5.74, 6) is 0. The average Bonchev–Trinajstić information content (AvgIpc) is 2.38. The minimum atomic E-state index is 0.536. The summed E-state index contributed by atoms with van der Waals surface area (Å²) in [6.45, 7) is 2.22. The van der Waals surface area contributed by atoms with Gasteiger partial charge in [0.1, 0.15) is 0 Å². The molecule has 0 saturated heterocycles. The Morgan fingerprint density at radius 2 is 2.00 bits per heavy atom. The van der Waals surface area contributed by atoms with E-state index in [2.05, 4.69) is 42.6 Å². The van der Waals surface area contributed by atoms with Crippen LogP contribution in [-0.4, -0.2) is 18.1 Å². The van der Waals surface area contributed by atoms with Crippen LogP contribution in [0.4, 0.5) is 0 Å². The Labute approximate surface area is 103 Å². The molecule has 17 heavy (non-hydrogen) atoms. The molecule has 0 aliphatic carbocycles. The molecular weight excluding hydrogens is 208 g/mol. The maximum Gasteiger partial charge on any atom is 0.0705 e. The van der Waals surface area contributed by atoms with E-state index in [4.69, 9.17) is 4.98 Å². The molecule has 1 N–H and O–H groups in total. The summed E-state index contributed by atoms with van der Waals surface area (Å²) >= 11 is 0. The van der Waals surface area contributed by atoms with E-state index in [-0.39, 0.29) is 0 Å². The molecule has 0 amide bonds. The summed E-state index contributed by atoms with van der Waals surface area (Å²) in [4.78, 5) is 4.71. The molecule has 2 heteroatoms. The van der Waals surface area contributed by atoms with Crippen LogP contribution in [0.5, 0.6) is 0 Å². The van der Waals surface area contributed by atoms with Crippen molar-refractivity contribution in [3.63, 3.8) is 0 Å². The lowest BCUT2D eigenvalue weighted by molar-refractivity contribution is 0.509. The maximum atomic E-state index is 4.71. The zero-order chi connectivity index (χ0) is 12.1. The summed E-state index contributed by atoms with van der Waals surface area (Å²) in [5, 5.41) is 4.58. The number of fused-ring (bicyclic) bond motifs is 1. The van der Waals surface area contributed by atoms with Gasteiger partial charge in [-0.2, -0.15) is 0 Å². The van der Waals surface area contributed by atoms with Crippen LogP contribution in [0.2, 0.25) is 0 Å². The van der Waals surface area contributed by atoms with Gasteiger partial charge in [0, 0.05) is 23.5 Å². The molecule has 0 spiro atoms. The van der Waals surface area contributed by atoms with E-state index in [1.165, 1.54) is 23.9 Å². The molecule has 2 aromatic rings. The molecule has 1 unspecified atom stereocenters. The van der Waals surface area contributed by atoms with E-state index in [9.17, 15) is 0 Å². The van der Waals surface area contributed by atoms with Crippen molar-refractivity contribution in [2.24, 2.45) is 0 Å². The average molecular weight is 228 g/mol. The molecule has 1 heterocycles. The largest absolute Gasteiger partial charge is 0.317 e. The van der Waals surface area contributed by atoms with Gasteiger partial charge >= 0.3 is 0 Å². The van der Waals surface area contributed by atoms with Crippen molar-refractivity contribution in [2.75, 3.05) is 7.05 Å². The topological polar surface area (TPSA) is 24.9 Å². The Balaban J connectivity index is 2.18. The fourth-order valence-corrected chi connectivity index (χ4v) is 2.17. The van der Waals surface area contributed by atoms with Crippen LogP contribution in [0.3, 0.4) is 0 Å². The molecular formula is C15H20N2. The molecule has 0 fully saturated rings. The molecule has 2 rings (SSSR count). The Hall–Kier alpha value is -1.41. The summed E-state index contributed by atoms with van der Waals surface area (Å²) in [6.07, 6.45) is 3.42. The highest BCUT2D eigenvalue weighted by Gasteiger charge is 2.07. The first-order valence-electron chi connectivity index (χ1n) is 6.35. The SMILES string of the molecule is CCCC(Cc1ccc2ccccc2n1)NC. The fourth-order valence-electron chi connectivity index (χ4n) is 2.17. The number of aromatic nitrogens is 1. The van der Waals surface area contributed by atoms with Crippen molar-refractivity contribution in [1.82, 2.24) is 10.3 Å². The normalized spacial score (nSPS) is 12.8. The number of rotatable bonds is 5. The third-order valence-electron chi connectivity index (χ3n) is 3.16. The second-order valence-corrected chi connectivity index (χ2v) is 4.47. The lowest BCUT2D eigenvalue weighted by Gasteiger charge is -2.14. The third-order valence-corrected chi connectivity index (χ3v) is 3.16. The van der Waals surface area contributed by atoms with Crippen molar-refractivity contribution in [2.45, 2.75) is 32.2 Å². The molecule has 1 atom stereocenters. The third kappa shape index (κ3) is 3.04. The second-order valence-electron chi connectivity index (χ2n) is 4.47. The molecule has 1 aromatic carbocycles. The fraction of sp³-hybridized carbons (Fsp3) is 0.400. The standard InChI is InChI=1S/C15H20N2/c1-3-6-13(16-2)11-14-10-9-12-7-4-5-8-15(12)17-14/h4-5,7-10,13,16H,3,6,11H2,1-2H3. The number of nitrogens with one attached hydrogen (secondary N) is 1. The van der Waals surface area contributed by atoms with Crippen molar-refractivity contribution in [3.05, 3.63) is 42.1 Å². The van der Waals surface area contributed by atoms with Gasteiger partial charge in [-0.1, -0.05) is 37.6 Å². The van der Waals surface area contributed by atoms with Gasteiger partial charge in [0.2, 0.25) is 0 Å². The number of benzene rings is 1. The number of pyridine rings is 1. The lowest BCUT2D eigenvalue weighted by Crippen LogP contribution is -2.27. The van der Waals surface area contributed by atoms with Crippen LogP contribution >= 0.6 is 0 Å². The summed E-state index contributed by atoms with van der Waals surface area (Å²) in [6, 6.07) is 13.1. The van der Waals surface area contributed by atoms with E-state index >= 15 is 0 Å². The van der Waals surface area contributed by atoms with Crippen LogP contribution in [0.15, 0.2) is 36.4 Å². The Kier molecular flexibility index (Phi) is 4.10. The quantitative estimate of drug-likeness (QED) is 0.850. The summed E-state index contributed by atoms with van der Waals surface area (Å²) in [5.41, 5.74) is 2.27. The van der Waals surface area contributed by atoms with E-state index in [0.29, 0.717) is 6.04 Å². The van der Waals surface area contributed by atoms with Crippen LogP contribution < -0.4 is 5.32 Å². The van der Waals surface area contributed by atoms with Crippen LogP contribution in [0.25, 0.3) is 10.9 Å². The van der Waals surface area contributed by atoms with Gasteiger partial charge in [0.15, 0.2) is 0 Å². The van der Waals surface area contributed by atoms with Crippen molar-refractivity contribution < 1.29 is 0 Å². The van der Waals surface area contributed by atoms with Crippen LogP contribution in [0, 0.1) is 0 Å². The molecule has 90 valence electrons. The number of hydrogen-bond donors (Lipinski definition) is 1. The Bertz CT molecular complexity index is 479. The maximum absolute atomic E-state index is 4.71. The molecule has 0 bridgehead atoms. The van der Waals surface area contributed by atoms with Gasteiger partial charge in [-0.15, -0.1) is 0 Å². The predicted octanol–water partition coefficient (Wildman–Crippen LogP) is 3.17. The Morgan fingerprint density at radius 3 is 2.76 bits per heavy atom. The zero-order valence-corrected chi connectivity index (χ0v) is 10.6. The highest BCUT2D eigenvalue weighted by atomic mass is 14.9. The van der Waals surface area contributed by atoms with Crippen molar-refractivity contribution in [3.8, 4) is 0 Å². The van der Waals surface area contributed by atoms with E-state index in [1.54, 1.807) is 0 Å². The Morgan fingerprint density at radius 1 is 1.18 bits per heavy atom. The number of hydrogen-bond acceptors (Lipinski definition) is 2. The van der Waals surface area contributed by atoms with Gasteiger partial charge in [-0.05, 0) is 25.6 Å². The molecule has 0 aliphatic heterocycles. The lowest BCUT2D eigenvalue weighted by atomic mass is 10.1. The van der Waals surface area contributed by atoms with Gasteiger partial charge in [-0.3, -0.25) is 4.98 Å². The highest BCUT2D eigenvalue weighted by molar-refractivity contribution is 5.78. The van der Waals surface area contributed by atoms with Crippen LogP contribution in [-0.2, 0) is 6.42 Å². The molecule has 0 saturated carbocycles. The zero-order valence-electron chi connectivity index (χ0n) is 10.6.